The maximum Gasteiger partial charge on any atom is 0.225 e. The number of nitrogens with one attached hydrogen (secondary N) is 1. The largest absolute Gasteiger partial charge is 0.354 e. The molecule has 1 saturated carbocycles. The highest BCUT2D eigenvalue weighted by atomic mass is 35.5. The molecule has 5 nitrogen and oxygen atoms in total. The fourth-order valence-electron chi connectivity index (χ4n) is 4.30. The minimum Gasteiger partial charge on any atom is -0.354 e. The summed E-state index contributed by atoms with van der Waals surface area (Å²) in [7, 11) is 0. The standard InChI is InChI=1S/C24H29N3O2.ClH/c25-21(18-11-12-18)15-26-24(29)20-13-14-22(28)27(16-17-7-3-1-4-8-17)23(20)19-9-5-2-6-10-19;/h1-10,18,20-21,23H,11-16,25H2,(H,26,29);1H. The van der Waals surface area contributed by atoms with Crippen molar-refractivity contribution in [2.75, 3.05) is 6.54 Å². The van der Waals surface area contributed by atoms with Crippen molar-refractivity contribution in [2.45, 2.75) is 44.3 Å². The first-order valence-electron chi connectivity index (χ1n) is 10.5. The van der Waals surface area contributed by atoms with Gasteiger partial charge in [0.05, 0.1) is 12.0 Å². The van der Waals surface area contributed by atoms with Crippen LogP contribution in [0.5, 0.6) is 0 Å². The number of likely N-dealkylation sites (tertiary alicyclic amines) is 1. The van der Waals surface area contributed by atoms with Crippen molar-refractivity contribution >= 4 is 24.2 Å². The van der Waals surface area contributed by atoms with E-state index in [4.69, 9.17) is 5.73 Å². The molecule has 4 rings (SSSR count). The van der Waals surface area contributed by atoms with Gasteiger partial charge in [-0.25, -0.2) is 0 Å². The Morgan fingerprint density at radius 3 is 2.30 bits per heavy atom. The Morgan fingerprint density at radius 2 is 1.67 bits per heavy atom. The first-order valence-corrected chi connectivity index (χ1v) is 10.5. The Hall–Kier alpha value is -2.37. The molecule has 0 aromatic heterocycles. The first kappa shape index (κ1) is 22.3. The quantitative estimate of drug-likeness (QED) is 0.710. The second-order valence-electron chi connectivity index (χ2n) is 8.25. The normalized spacial score (nSPS) is 22.2. The van der Waals surface area contributed by atoms with Crippen LogP contribution in [0.4, 0.5) is 0 Å². The summed E-state index contributed by atoms with van der Waals surface area (Å²) >= 11 is 0. The van der Waals surface area contributed by atoms with Crippen LogP contribution >= 0.6 is 12.4 Å². The summed E-state index contributed by atoms with van der Waals surface area (Å²) in [6.07, 6.45) is 3.27. The Labute approximate surface area is 184 Å². The maximum absolute atomic E-state index is 13.1. The molecular weight excluding hydrogens is 398 g/mol. The molecule has 3 N–H and O–H groups in total. The summed E-state index contributed by atoms with van der Waals surface area (Å²) in [6.45, 7) is 1.01. The molecule has 1 aliphatic heterocycles. The van der Waals surface area contributed by atoms with Gasteiger partial charge in [-0.1, -0.05) is 60.7 Å². The third kappa shape index (κ3) is 5.21. The number of halogens is 1. The van der Waals surface area contributed by atoms with Crippen LogP contribution < -0.4 is 11.1 Å². The molecule has 2 fully saturated rings. The van der Waals surface area contributed by atoms with Crippen LogP contribution in [0.25, 0.3) is 0 Å². The molecule has 2 aliphatic rings. The Morgan fingerprint density at radius 1 is 1.03 bits per heavy atom. The summed E-state index contributed by atoms with van der Waals surface area (Å²) in [6, 6.07) is 19.6. The number of piperidine rings is 1. The van der Waals surface area contributed by atoms with Crippen LogP contribution in [0.1, 0.15) is 42.9 Å². The third-order valence-electron chi connectivity index (χ3n) is 6.12. The predicted octanol–water partition coefficient (Wildman–Crippen LogP) is 3.44. The smallest absolute Gasteiger partial charge is 0.225 e. The monoisotopic (exact) mass is 427 g/mol. The van der Waals surface area contributed by atoms with E-state index in [9.17, 15) is 9.59 Å². The zero-order valence-corrected chi connectivity index (χ0v) is 17.9. The van der Waals surface area contributed by atoms with Gasteiger partial charge in [0.15, 0.2) is 0 Å². The number of amides is 2. The average molecular weight is 428 g/mol. The van der Waals surface area contributed by atoms with Crippen molar-refractivity contribution in [3.8, 4) is 0 Å². The molecule has 3 unspecified atom stereocenters. The van der Waals surface area contributed by atoms with E-state index in [0.717, 1.165) is 24.0 Å². The Bertz CT molecular complexity index is 842. The number of rotatable bonds is 7. The van der Waals surface area contributed by atoms with E-state index in [1.165, 1.54) is 0 Å². The van der Waals surface area contributed by atoms with Crippen LogP contribution in [0.3, 0.4) is 0 Å². The minimum absolute atomic E-state index is 0. The topological polar surface area (TPSA) is 75.4 Å². The fraction of sp³-hybridized carbons (Fsp3) is 0.417. The van der Waals surface area contributed by atoms with Gasteiger partial charge in [-0.15, -0.1) is 12.4 Å². The van der Waals surface area contributed by atoms with Crippen LogP contribution in [-0.4, -0.2) is 29.3 Å². The molecule has 2 amide bonds. The van der Waals surface area contributed by atoms with Crippen LogP contribution in [0.15, 0.2) is 60.7 Å². The van der Waals surface area contributed by atoms with Crippen LogP contribution in [0.2, 0.25) is 0 Å². The molecular formula is C24H30ClN3O2. The van der Waals surface area contributed by atoms with Crippen molar-refractivity contribution in [3.63, 3.8) is 0 Å². The van der Waals surface area contributed by atoms with Crippen molar-refractivity contribution in [1.82, 2.24) is 10.2 Å². The minimum atomic E-state index is -0.273. The van der Waals surface area contributed by atoms with E-state index in [1.807, 2.05) is 65.6 Å². The molecule has 2 aromatic rings. The van der Waals surface area contributed by atoms with E-state index < -0.39 is 0 Å². The molecule has 2 aromatic carbocycles. The summed E-state index contributed by atoms with van der Waals surface area (Å²) in [5.41, 5.74) is 8.25. The van der Waals surface area contributed by atoms with E-state index in [2.05, 4.69) is 5.32 Å². The number of nitrogens with two attached hydrogens (primary N) is 1. The van der Waals surface area contributed by atoms with Crippen LogP contribution in [-0.2, 0) is 16.1 Å². The second-order valence-corrected chi connectivity index (χ2v) is 8.25. The van der Waals surface area contributed by atoms with Gasteiger partial charge in [-0.3, -0.25) is 9.59 Å². The highest BCUT2D eigenvalue weighted by Gasteiger charge is 2.40. The molecule has 0 bridgehead atoms. The number of hydrogen-bond donors (Lipinski definition) is 2. The van der Waals surface area contributed by atoms with Crippen LogP contribution in [0, 0.1) is 11.8 Å². The van der Waals surface area contributed by atoms with Gasteiger partial charge < -0.3 is 16.0 Å². The zero-order valence-electron chi connectivity index (χ0n) is 17.1. The highest BCUT2D eigenvalue weighted by molar-refractivity contribution is 5.85. The highest BCUT2D eigenvalue weighted by Crippen LogP contribution is 2.38. The molecule has 1 aliphatic carbocycles. The SMILES string of the molecule is Cl.NC(CNC(=O)C1CCC(=O)N(Cc2ccccc2)C1c1ccccc1)C1CC1. The maximum atomic E-state index is 13.1. The summed E-state index contributed by atoms with van der Waals surface area (Å²) in [4.78, 5) is 27.9. The number of nitrogens with zero attached hydrogens (tertiary/aromatic N) is 1. The second kappa shape index (κ2) is 10.1. The lowest BCUT2D eigenvalue weighted by molar-refractivity contribution is -0.144. The number of hydrogen-bond acceptors (Lipinski definition) is 3. The number of carbonyl (C=O) groups is 2. The summed E-state index contributed by atoms with van der Waals surface area (Å²) in [5.74, 6) is 0.370. The number of carbonyl (C=O) groups excluding carboxylic acids is 2. The molecule has 0 spiro atoms. The van der Waals surface area contributed by atoms with Gasteiger partial charge in [0.1, 0.15) is 0 Å². The predicted molar refractivity (Wildman–Crippen MR) is 120 cm³/mol. The summed E-state index contributed by atoms with van der Waals surface area (Å²) in [5, 5.41) is 3.07. The van der Waals surface area contributed by atoms with Crippen molar-refractivity contribution < 1.29 is 9.59 Å². The zero-order chi connectivity index (χ0) is 20.2. The molecule has 0 radical (unpaired) electrons. The van der Waals surface area contributed by atoms with E-state index >= 15 is 0 Å². The van der Waals surface area contributed by atoms with Crippen molar-refractivity contribution in [3.05, 3.63) is 71.8 Å². The molecule has 1 heterocycles. The van der Waals surface area contributed by atoms with Gasteiger partial charge in [0.2, 0.25) is 11.8 Å². The van der Waals surface area contributed by atoms with E-state index in [0.29, 0.717) is 31.8 Å². The number of benzene rings is 2. The third-order valence-corrected chi connectivity index (χ3v) is 6.12. The molecule has 3 atom stereocenters. The van der Waals surface area contributed by atoms with E-state index in [-0.39, 0.29) is 42.2 Å². The van der Waals surface area contributed by atoms with Gasteiger partial charge in [0, 0.05) is 25.6 Å². The van der Waals surface area contributed by atoms with Gasteiger partial charge >= 0.3 is 0 Å². The molecule has 30 heavy (non-hydrogen) atoms. The molecule has 160 valence electrons. The molecule has 1 saturated heterocycles. The molecule has 6 heteroatoms. The summed E-state index contributed by atoms with van der Waals surface area (Å²) < 4.78 is 0. The Balaban J connectivity index is 0.00000256. The van der Waals surface area contributed by atoms with E-state index in [1.54, 1.807) is 0 Å². The average Bonchev–Trinajstić information content (AvgIpc) is 3.60. The lowest BCUT2D eigenvalue weighted by Crippen LogP contribution is -2.49. The fourth-order valence-corrected chi connectivity index (χ4v) is 4.30. The first-order chi connectivity index (χ1) is 14.1. The van der Waals surface area contributed by atoms with Crippen molar-refractivity contribution in [2.24, 2.45) is 17.6 Å². The lowest BCUT2D eigenvalue weighted by atomic mass is 9.83. The van der Waals surface area contributed by atoms with Gasteiger partial charge in [-0.05, 0) is 36.3 Å². The van der Waals surface area contributed by atoms with Crippen molar-refractivity contribution in [1.29, 1.82) is 0 Å². The Kier molecular flexibility index (Phi) is 7.51. The van der Waals surface area contributed by atoms with Gasteiger partial charge in [0.25, 0.3) is 0 Å². The van der Waals surface area contributed by atoms with Gasteiger partial charge in [-0.2, -0.15) is 0 Å². The lowest BCUT2D eigenvalue weighted by Gasteiger charge is -2.41.